The maximum Gasteiger partial charge on any atom is 0.187 e. The van der Waals surface area contributed by atoms with Gasteiger partial charge in [-0.15, -0.1) is 0 Å². The van der Waals surface area contributed by atoms with Crippen LogP contribution in [-0.2, 0) is 18.9 Å². The van der Waals surface area contributed by atoms with Gasteiger partial charge in [-0.25, -0.2) is 0 Å². The molecule has 0 aromatic heterocycles. The van der Waals surface area contributed by atoms with Crippen molar-refractivity contribution in [2.75, 3.05) is 19.8 Å². The minimum Gasteiger partial charge on any atom is -0.394 e. The Morgan fingerprint density at radius 3 is 1.66 bits per heavy atom. The molecule has 0 unspecified atom stereocenters. The molecule has 11 heteroatoms. The van der Waals surface area contributed by atoms with E-state index in [1.54, 1.807) is 0 Å². The minimum absolute atomic E-state index is 0.312. The van der Waals surface area contributed by atoms with E-state index in [0.29, 0.717) is 6.61 Å². The molecule has 2 heterocycles. The van der Waals surface area contributed by atoms with Gasteiger partial charge in [-0.05, 0) is 32.1 Å². The van der Waals surface area contributed by atoms with E-state index in [9.17, 15) is 35.7 Å². The first-order chi connectivity index (χ1) is 19.8. The van der Waals surface area contributed by atoms with Gasteiger partial charge in [0.1, 0.15) is 48.8 Å². The van der Waals surface area contributed by atoms with Crippen LogP contribution in [0.15, 0.2) is 12.2 Å². The van der Waals surface area contributed by atoms with Crippen LogP contribution < -0.4 is 0 Å². The Morgan fingerprint density at radius 2 is 1.07 bits per heavy atom. The quantitative estimate of drug-likeness (QED) is 0.0761. The van der Waals surface area contributed by atoms with Crippen molar-refractivity contribution in [3.8, 4) is 0 Å². The molecule has 2 rings (SSSR count). The van der Waals surface area contributed by atoms with Crippen LogP contribution in [0.1, 0.15) is 96.8 Å². The number of ether oxygens (including phenoxy) is 4. The summed E-state index contributed by atoms with van der Waals surface area (Å²) in [7, 11) is 0. The van der Waals surface area contributed by atoms with Crippen LogP contribution in [-0.4, -0.2) is 117 Å². The van der Waals surface area contributed by atoms with Crippen LogP contribution in [0.25, 0.3) is 0 Å². The van der Waals surface area contributed by atoms with E-state index < -0.39 is 74.6 Å². The van der Waals surface area contributed by atoms with Gasteiger partial charge in [0.15, 0.2) is 12.6 Å². The Bertz CT molecular complexity index is 677. The van der Waals surface area contributed by atoms with E-state index >= 15 is 0 Å². The third kappa shape index (κ3) is 12.4. The molecule has 10 atom stereocenters. The van der Waals surface area contributed by atoms with Gasteiger partial charge >= 0.3 is 0 Å². The van der Waals surface area contributed by atoms with Crippen molar-refractivity contribution in [3.63, 3.8) is 0 Å². The molecule has 2 aliphatic heterocycles. The van der Waals surface area contributed by atoms with E-state index in [4.69, 9.17) is 18.9 Å². The first-order valence-electron chi connectivity index (χ1n) is 15.7. The highest BCUT2D eigenvalue weighted by Crippen LogP contribution is 2.29. The first-order valence-corrected chi connectivity index (χ1v) is 15.7. The number of hydrogen-bond acceptors (Lipinski definition) is 11. The normalized spacial score (nSPS) is 34.4. The van der Waals surface area contributed by atoms with Crippen LogP contribution >= 0.6 is 0 Å². The van der Waals surface area contributed by atoms with Gasteiger partial charge in [-0.3, -0.25) is 0 Å². The van der Waals surface area contributed by atoms with Crippen molar-refractivity contribution in [1.82, 2.24) is 0 Å². The highest BCUT2D eigenvalue weighted by Gasteiger charge is 2.50. The van der Waals surface area contributed by atoms with Crippen LogP contribution in [0.2, 0.25) is 0 Å². The van der Waals surface area contributed by atoms with Gasteiger partial charge in [0.25, 0.3) is 0 Å². The molecular weight excluding hydrogens is 536 g/mol. The number of aliphatic hydroxyl groups excluding tert-OH is 7. The van der Waals surface area contributed by atoms with Crippen molar-refractivity contribution in [2.45, 2.75) is 158 Å². The van der Waals surface area contributed by atoms with Crippen LogP contribution in [0.3, 0.4) is 0 Å². The molecule has 2 aliphatic rings. The maximum atomic E-state index is 10.7. The monoisotopic (exact) mass is 592 g/mol. The lowest BCUT2D eigenvalue weighted by Crippen LogP contribution is -2.64. The van der Waals surface area contributed by atoms with E-state index in [1.807, 2.05) is 0 Å². The largest absolute Gasteiger partial charge is 0.394 e. The molecule has 0 spiro atoms. The number of allylic oxidation sites excluding steroid dienone is 2. The molecule has 242 valence electrons. The summed E-state index contributed by atoms with van der Waals surface area (Å²) in [5.74, 6) is 0. The Balaban J connectivity index is 1.59. The topological polar surface area (TPSA) is 179 Å². The van der Waals surface area contributed by atoms with Crippen molar-refractivity contribution in [2.24, 2.45) is 0 Å². The predicted octanol–water partition coefficient (Wildman–Crippen LogP) is 1.66. The van der Waals surface area contributed by atoms with E-state index in [2.05, 4.69) is 19.1 Å². The summed E-state index contributed by atoms with van der Waals surface area (Å²) in [5.41, 5.74) is 0. The lowest BCUT2D eigenvalue weighted by molar-refractivity contribution is -0.359. The third-order valence-electron chi connectivity index (χ3n) is 7.90. The molecule has 0 aliphatic carbocycles. The highest BCUT2D eigenvalue weighted by molar-refractivity contribution is 4.94. The van der Waals surface area contributed by atoms with Gasteiger partial charge in [0.05, 0.1) is 13.2 Å². The van der Waals surface area contributed by atoms with Gasteiger partial charge < -0.3 is 54.7 Å². The second-order valence-electron chi connectivity index (χ2n) is 11.3. The number of unbranched alkanes of at least 4 members (excludes halogenated alkanes) is 12. The molecular formula is C30H56O11. The van der Waals surface area contributed by atoms with E-state index in [0.717, 1.165) is 32.1 Å². The van der Waals surface area contributed by atoms with Crippen molar-refractivity contribution >= 4 is 0 Å². The van der Waals surface area contributed by atoms with Crippen molar-refractivity contribution < 1.29 is 54.7 Å². The molecule has 0 bridgehead atoms. The van der Waals surface area contributed by atoms with Crippen LogP contribution in [0.4, 0.5) is 0 Å². The molecule has 2 saturated heterocycles. The molecule has 0 amide bonds. The zero-order chi connectivity index (χ0) is 30.0. The Kier molecular flexibility index (Phi) is 18.8. The molecule has 41 heavy (non-hydrogen) atoms. The fourth-order valence-electron chi connectivity index (χ4n) is 5.24. The molecule has 0 aromatic carbocycles. The van der Waals surface area contributed by atoms with E-state index in [1.165, 1.54) is 57.8 Å². The number of aliphatic hydroxyl groups is 7. The lowest BCUT2D eigenvalue weighted by atomic mass is 9.97. The Labute approximate surface area is 245 Å². The maximum absolute atomic E-state index is 10.7. The van der Waals surface area contributed by atoms with Gasteiger partial charge in [0, 0.05) is 6.61 Å². The summed E-state index contributed by atoms with van der Waals surface area (Å²) in [6.07, 6.45) is 6.90. The average Bonchev–Trinajstić information content (AvgIpc) is 2.98. The smallest absolute Gasteiger partial charge is 0.187 e. The molecule has 0 radical (unpaired) electrons. The molecule has 0 aromatic rings. The van der Waals surface area contributed by atoms with E-state index in [-0.39, 0.29) is 0 Å². The second-order valence-corrected chi connectivity index (χ2v) is 11.3. The molecule has 7 N–H and O–H groups in total. The zero-order valence-corrected chi connectivity index (χ0v) is 24.7. The van der Waals surface area contributed by atoms with Crippen LogP contribution in [0, 0.1) is 0 Å². The van der Waals surface area contributed by atoms with Gasteiger partial charge in [-0.1, -0.05) is 76.9 Å². The highest BCUT2D eigenvalue weighted by atomic mass is 16.7. The summed E-state index contributed by atoms with van der Waals surface area (Å²) in [6.45, 7) is 1.33. The summed E-state index contributed by atoms with van der Waals surface area (Å²) in [4.78, 5) is 0. The van der Waals surface area contributed by atoms with Crippen molar-refractivity contribution in [1.29, 1.82) is 0 Å². The number of hydrogen-bond donors (Lipinski definition) is 7. The summed E-state index contributed by atoms with van der Waals surface area (Å²) in [6, 6.07) is 0. The summed E-state index contributed by atoms with van der Waals surface area (Å²) < 4.78 is 22.1. The predicted molar refractivity (Wildman–Crippen MR) is 152 cm³/mol. The summed E-state index contributed by atoms with van der Waals surface area (Å²) >= 11 is 0. The minimum atomic E-state index is -1.70. The third-order valence-corrected chi connectivity index (χ3v) is 7.90. The van der Waals surface area contributed by atoms with Crippen molar-refractivity contribution in [3.05, 3.63) is 12.2 Å². The molecule has 0 saturated carbocycles. The average molecular weight is 593 g/mol. The lowest BCUT2D eigenvalue weighted by Gasteiger charge is -2.45. The van der Waals surface area contributed by atoms with Gasteiger partial charge in [-0.2, -0.15) is 0 Å². The first kappa shape index (κ1) is 36.5. The number of rotatable bonds is 21. The summed E-state index contributed by atoms with van der Waals surface area (Å²) in [5, 5.41) is 70.5. The Hall–Kier alpha value is -0.700. The van der Waals surface area contributed by atoms with Crippen LogP contribution in [0.5, 0.6) is 0 Å². The standard InChI is InChI=1S/C30H56O11/c1-2-3-4-5-6-7-8-9-10-11-12-13-14-15-16-17-18-38-29-27(37)25(35)28(22(20-32)40-29)41-30-26(36)24(34)23(33)21(19-31)39-30/h9-10,21-37H,2-8,11-20H2,1H3/b10-9+/t21-,22-,23-,24+,25-,26-,27-,28-,29-,30-/m1/s1. The SMILES string of the molecule is CCCCCCCC/C=C/CCCCCCCCO[C@@H]1O[C@H](CO)[C@@H](O[C@H]2O[C@H](CO)[C@@H](O)[C@H](O)[C@H]2O)[C@H](O)[C@H]1O. The zero-order valence-electron chi connectivity index (χ0n) is 24.7. The molecule has 2 fully saturated rings. The Morgan fingerprint density at radius 1 is 0.561 bits per heavy atom. The fourth-order valence-corrected chi connectivity index (χ4v) is 5.24. The fraction of sp³-hybridized carbons (Fsp3) is 0.933. The second kappa shape index (κ2) is 21.1. The molecule has 11 nitrogen and oxygen atoms in total. The van der Waals surface area contributed by atoms with Gasteiger partial charge in [0.2, 0.25) is 0 Å².